The van der Waals surface area contributed by atoms with Gasteiger partial charge in [0.15, 0.2) is 65.7 Å². The lowest BCUT2D eigenvalue weighted by atomic mass is 9.97. The molecule has 97 heavy (non-hydrogen) atoms. The molecule has 41 heteroatoms. The number of rotatable bonds is 24. The fraction of sp³-hybridized carbons (Fsp3) is 0.536. The van der Waals surface area contributed by atoms with Crippen LogP contribution in [0, 0.1) is 0 Å². The number of imide groups is 1. The quantitative estimate of drug-likeness (QED) is 0.0194. The van der Waals surface area contributed by atoms with E-state index in [1.807, 2.05) is 0 Å². The van der Waals surface area contributed by atoms with Gasteiger partial charge in [-0.1, -0.05) is 18.9 Å². The minimum atomic E-state index is -4.93. The fourth-order valence-corrected chi connectivity index (χ4v) is 15.9. The van der Waals surface area contributed by atoms with Gasteiger partial charge in [-0.25, -0.2) is 43.1 Å². The Morgan fingerprint density at radius 3 is 2.04 bits per heavy atom. The number of halogens is 2. The second-order valence-electron chi connectivity index (χ2n) is 22.4. The summed E-state index contributed by atoms with van der Waals surface area (Å²) >= 11 is 5.81. The standard InChI is InChI=1S/C56H66F2N12O23P2S2/c1-27(71)85-45-46(86-28(2)72)48(87-29(3)73)56(91-47(45)55(79)82-4)90-32-14-13-30(19-31(32)67-36(75)12-7-5-9-17-60-35(74)11-8-6-10-18-68-37(76)15-16-38(68)77)22-97-95(81)84-21-34-43(39(57)53(89-34)70-26-66-42-51(70)63-24-64-52(42)78)92-94(80,96)83-20-33-44(93-95)40(58)54(88-33)69-25-65-41-49(59)61-23-62-50(41)69/h13-16,19,23-26,33-34,39-40,43-48,53-54,56H,5-12,17-18,20-22H2,1-4H3,(H,60,74)(H,67,75)(H,80,96)(H2,59,61,62)(H,63,64,78)/t33-,34-,39-,40-,43-,44-,45+,46+,47?,48?,53-,54-,56-,94?,95?/m1/s1. The second-order valence-corrected chi connectivity index (χ2v) is 29.2. The predicted molar refractivity (Wildman–Crippen MR) is 331 cm³/mol. The van der Waals surface area contributed by atoms with Crippen molar-refractivity contribution in [2.24, 2.45) is 0 Å². The van der Waals surface area contributed by atoms with Crippen molar-refractivity contribution in [1.29, 1.82) is 0 Å². The van der Waals surface area contributed by atoms with Crippen molar-refractivity contribution < 1.29 is 113 Å². The lowest BCUT2D eigenvalue weighted by Crippen LogP contribution is -2.64. The lowest BCUT2D eigenvalue weighted by Gasteiger charge is -2.43. The summed E-state index contributed by atoms with van der Waals surface area (Å²) in [7, 11) is 0.990. The Bertz CT molecular complexity index is 3980. The number of methoxy groups -OCH3 is 1. The molecule has 6 N–H and O–H groups in total. The molecule has 5 aliphatic heterocycles. The molecule has 4 unspecified atom stereocenters. The van der Waals surface area contributed by atoms with Gasteiger partial charge in [-0.2, -0.15) is 0 Å². The van der Waals surface area contributed by atoms with Crippen molar-refractivity contribution in [3.05, 3.63) is 71.6 Å². The van der Waals surface area contributed by atoms with Crippen LogP contribution < -0.4 is 26.7 Å². The number of hydrogen-bond acceptors (Lipinski definition) is 30. The number of hydrogen-bond donors (Lipinski definition) is 5. The maximum Gasteiger partial charge on any atom is 0.389 e. The van der Waals surface area contributed by atoms with E-state index in [0.717, 1.165) is 62.7 Å². The smallest absolute Gasteiger partial charge is 0.389 e. The maximum absolute atomic E-state index is 17.4. The molecule has 0 aliphatic carbocycles. The average Bonchev–Trinajstić information content (AvgIpc) is 1.71. The number of alkyl halides is 2. The van der Waals surface area contributed by atoms with Gasteiger partial charge in [0.1, 0.15) is 42.0 Å². The Morgan fingerprint density at radius 1 is 0.763 bits per heavy atom. The zero-order valence-corrected chi connectivity index (χ0v) is 55.4. The van der Waals surface area contributed by atoms with E-state index in [0.29, 0.717) is 43.5 Å². The number of nitrogens with one attached hydrogen (secondary N) is 3. The van der Waals surface area contributed by atoms with Gasteiger partial charge in [-0.15, -0.1) is 0 Å². The van der Waals surface area contributed by atoms with Crippen LogP contribution in [0.3, 0.4) is 0 Å². The number of nitrogens with zero attached hydrogens (tertiary/aromatic N) is 8. The summed E-state index contributed by atoms with van der Waals surface area (Å²) in [6, 6.07) is 4.02. The van der Waals surface area contributed by atoms with Crippen molar-refractivity contribution in [3.8, 4) is 5.75 Å². The lowest BCUT2D eigenvalue weighted by molar-refractivity contribution is -0.282. The van der Waals surface area contributed by atoms with E-state index >= 15 is 13.3 Å². The minimum absolute atomic E-state index is 0.0157. The highest BCUT2D eigenvalue weighted by atomic mass is 32.7. The summed E-state index contributed by atoms with van der Waals surface area (Å²) in [6.07, 6.45) is -14.3. The van der Waals surface area contributed by atoms with E-state index in [9.17, 15) is 48.0 Å². The summed E-state index contributed by atoms with van der Waals surface area (Å²) in [5.74, 6) is -6.35. The Morgan fingerprint density at radius 2 is 1.37 bits per heavy atom. The molecule has 0 radical (unpaired) electrons. The van der Waals surface area contributed by atoms with E-state index in [2.05, 4.69) is 40.5 Å². The normalized spacial score (nSPS) is 28.9. The first-order valence-corrected chi connectivity index (χ1v) is 35.8. The molecule has 4 fully saturated rings. The molecule has 0 saturated carbocycles. The number of amides is 4. The highest BCUT2D eigenvalue weighted by molar-refractivity contribution is 8.54. The summed E-state index contributed by atoms with van der Waals surface area (Å²) in [5, 5.41) is 5.59. The molecule has 0 bridgehead atoms. The summed E-state index contributed by atoms with van der Waals surface area (Å²) < 4.78 is 122. The predicted octanol–water partition coefficient (Wildman–Crippen LogP) is 3.26. The van der Waals surface area contributed by atoms with Crippen molar-refractivity contribution >= 4 is 118 Å². The van der Waals surface area contributed by atoms with Crippen molar-refractivity contribution in [2.45, 2.75) is 158 Å². The zero-order chi connectivity index (χ0) is 69.5. The largest absolute Gasteiger partial charge is 0.467 e. The third-order valence-corrected chi connectivity index (χ3v) is 20.7. The topological polar surface area (TPSA) is 445 Å². The van der Waals surface area contributed by atoms with Crippen LogP contribution in [0.5, 0.6) is 5.75 Å². The van der Waals surface area contributed by atoms with E-state index in [-0.39, 0.29) is 95.2 Å². The zero-order valence-electron chi connectivity index (χ0n) is 51.9. The SMILES string of the molecule is COC(=O)C1O[C@@H](Oc2ccc(CSP3(=O)OC[C@H]4O[C@@H](n5cnc6c(=O)[nH]cnc65)[C@H](F)[C@@H]4OP(O)(=S)OC[C@H]4O[C@@H](n5cnc6c(N)ncnc65)[C@H](F)[C@@H]4O3)cc2NC(=O)CCCCCNC(=O)CCCCCN2C(=O)C=CC2=O)C(OC(C)=O)[C@@H](OC(C)=O)[C@@H]1OC(C)=O. The molecule has 10 rings (SSSR count). The number of imidazole rings is 2. The number of nitrogens with two attached hydrogens (primary N) is 1. The van der Waals surface area contributed by atoms with E-state index in [4.69, 9.17) is 73.5 Å². The Labute approximate surface area is 557 Å². The van der Waals surface area contributed by atoms with Gasteiger partial charge in [-0.05, 0) is 66.6 Å². The summed E-state index contributed by atoms with van der Waals surface area (Å²) in [6.45, 7) is -7.69. The summed E-state index contributed by atoms with van der Waals surface area (Å²) in [4.78, 5) is 149. The van der Waals surface area contributed by atoms with Crippen LogP contribution in [0.1, 0.15) is 90.2 Å². The van der Waals surface area contributed by atoms with Crippen LogP contribution in [0.25, 0.3) is 22.3 Å². The highest BCUT2D eigenvalue weighted by Gasteiger charge is 2.57. The number of anilines is 2. The van der Waals surface area contributed by atoms with Crippen molar-refractivity contribution in [2.75, 3.05) is 44.5 Å². The number of aromatic nitrogens is 8. The minimum Gasteiger partial charge on any atom is -0.467 e. The third kappa shape index (κ3) is 17.2. The van der Waals surface area contributed by atoms with Gasteiger partial charge in [0, 0.05) is 64.6 Å². The molecule has 0 spiro atoms. The maximum atomic E-state index is 17.4. The fourth-order valence-electron chi connectivity index (χ4n) is 11.0. The van der Waals surface area contributed by atoms with Crippen LogP contribution in [0.15, 0.2) is 60.5 Å². The summed E-state index contributed by atoms with van der Waals surface area (Å²) in [5.41, 5.74) is 5.19. The van der Waals surface area contributed by atoms with Gasteiger partial charge in [0.2, 0.25) is 24.2 Å². The Hall–Kier alpha value is -7.81. The average molecular weight is 1440 g/mol. The van der Waals surface area contributed by atoms with Gasteiger partial charge in [0.05, 0.1) is 45.0 Å². The molecule has 5 aromatic rings. The number of ether oxygens (including phenoxy) is 8. The number of esters is 4. The Kier molecular flexibility index (Phi) is 23.3. The van der Waals surface area contributed by atoms with E-state index in [1.165, 1.54) is 34.9 Å². The molecule has 5 aliphatic rings. The molecular weight excluding hydrogens is 1370 g/mol. The molecule has 4 amide bonds. The van der Waals surface area contributed by atoms with Crippen LogP contribution >= 0.6 is 24.9 Å². The number of benzene rings is 1. The van der Waals surface area contributed by atoms with Gasteiger partial charge in [0.25, 0.3) is 17.4 Å². The number of carbonyl (C=O) groups is 8. The molecule has 9 heterocycles. The van der Waals surface area contributed by atoms with Crippen LogP contribution in [0.4, 0.5) is 20.3 Å². The number of H-pyrrole nitrogens is 1. The first-order chi connectivity index (χ1) is 46.3. The highest BCUT2D eigenvalue weighted by Crippen LogP contribution is 2.65. The molecular formula is C56H66F2N12O23P2S2. The molecule has 15 atom stereocenters. The van der Waals surface area contributed by atoms with E-state index < -0.39 is 148 Å². The molecule has 35 nitrogen and oxygen atoms in total. The molecule has 524 valence electrons. The third-order valence-electron chi connectivity index (χ3n) is 15.5. The number of carbonyl (C=O) groups excluding carboxylic acids is 8. The molecule has 4 saturated heterocycles. The second kappa shape index (κ2) is 31.4. The molecule has 1 aromatic carbocycles. The van der Waals surface area contributed by atoms with Crippen LogP contribution in [-0.4, -0.2) is 197 Å². The number of aromatic amines is 1. The van der Waals surface area contributed by atoms with Crippen LogP contribution in [-0.2, 0) is 112 Å². The van der Waals surface area contributed by atoms with Crippen molar-refractivity contribution in [1.82, 2.24) is 49.3 Å². The first-order valence-electron chi connectivity index (χ1n) is 30.1. The van der Waals surface area contributed by atoms with Gasteiger partial charge >= 0.3 is 37.4 Å². The molecule has 4 aromatic heterocycles. The van der Waals surface area contributed by atoms with Crippen LogP contribution in [0.2, 0.25) is 0 Å². The van der Waals surface area contributed by atoms with Gasteiger partial charge < -0.3 is 68.7 Å². The number of nitrogen functional groups attached to an aromatic ring is 1. The first kappa shape index (κ1) is 71.9. The monoisotopic (exact) mass is 1440 g/mol. The van der Waals surface area contributed by atoms with Crippen molar-refractivity contribution in [3.63, 3.8) is 0 Å². The van der Waals surface area contributed by atoms with E-state index in [1.54, 1.807) is 0 Å². The number of fused-ring (bicyclic) bond motifs is 4. The van der Waals surface area contributed by atoms with Gasteiger partial charge in [-0.3, -0.25) is 66.0 Å². The Balaban J connectivity index is 0.914. The number of unbranched alkanes of at least 4 members (excludes halogenated alkanes) is 4.